The van der Waals surface area contributed by atoms with E-state index in [0.29, 0.717) is 12.0 Å². The number of nitrogens with zero attached hydrogens (tertiary/aromatic N) is 1. The molecule has 1 saturated carbocycles. The average molecular weight is 164 g/mol. The third kappa shape index (κ3) is 1.15. The molecule has 2 rings (SSSR count). The summed E-state index contributed by atoms with van der Waals surface area (Å²) in [5, 5.41) is 10.4. The van der Waals surface area contributed by atoms with Gasteiger partial charge >= 0.3 is 0 Å². The van der Waals surface area contributed by atoms with E-state index < -0.39 is 0 Å². The first-order valence-corrected chi connectivity index (χ1v) is 4.43. The van der Waals surface area contributed by atoms with E-state index in [4.69, 9.17) is 11.0 Å². The molecule has 0 radical (unpaired) electrons. The standard InChI is InChI=1S/C8H8N2S/c9-3-5-1-8(11-4-5)6-2-7(6)10/h1,4,6-7H,2,10H2. The molecule has 1 aromatic rings. The van der Waals surface area contributed by atoms with Gasteiger partial charge in [0.2, 0.25) is 0 Å². The summed E-state index contributed by atoms with van der Waals surface area (Å²) in [7, 11) is 0. The van der Waals surface area contributed by atoms with E-state index >= 15 is 0 Å². The zero-order chi connectivity index (χ0) is 7.84. The Morgan fingerprint density at radius 2 is 2.45 bits per heavy atom. The van der Waals surface area contributed by atoms with Gasteiger partial charge in [-0.2, -0.15) is 5.26 Å². The Balaban J connectivity index is 2.21. The molecule has 2 unspecified atom stereocenters. The van der Waals surface area contributed by atoms with Gasteiger partial charge in [-0.1, -0.05) is 0 Å². The fraction of sp³-hybridized carbons (Fsp3) is 0.375. The molecule has 1 fully saturated rings. The molecular formula is C8H8N2S. The lowest BCUT2D eigenvalue weighted by Gasteiger charge is -1.86. The van der Waals surface area contributed by atoms with Gasteiger partial charge in [-0.25, -0.2) is 0 Å². The number of hydrogen-bond donors (Lipinski definition) is 1. The second kappa shape index (κ2) is 2.33. The van der Waals surface area contributed by atoms with E-state index in [-0.39, 0.29) is 0 Å². The Hall–Kier alpha value is -0.850. The van der Waals surface area contributed by atoms with Crippen molar-refractivity contribution in [3.05, 3.63) is 21.9 Å². The van der Waals surface area contributed by atoms with Crippen LogP contribution in [0.5, 0.6) is 0 Å². The highest BCUT2D eigenvalue weighted by Crippen LogP contribution is 2.41. The molecular weight excluding hydrogens is 156 g/mol. The Labute approximate surface area is 69.3 Å². The summed E-state index contributed by atoms with van der Waals surface area (Å²) in [6.07, 6.45) is 1.09. The van der Waals surface area contributed by atoms with E-state index in [0.717, 1.165) is 12.0 Å². The Bertz CT molecular complexity index is 310. The van der Waals surface area contributed by atoms with Crippen LogP contribution in [0, 0.1) is 11.3 Å². The third-order valence-corrected chi connectivity index (χ3v) is 3.02. The molecule has 56 valence electrons. The number of nitriles is 1. The monoisotopic (exact) mass is 164 g/mol. The summed E-state index contributed by atoms with van der Waals surface area (Å²) >= 11 is 1.65. The Morgan fingerprint density at radius 1 is 1.73 bits per heavy atom. The molecule has 3 heteroatoms. The summed E-state index contributed by atoms with van der Waals surface area (Å²) in [6, 6.07) is 4.41. The number of hydrogen-bond acceptors (Lipinski definition) is 3. The van der Waals surface area contributed by atoms with Crippen LogP contribution >= 0.6 is 11.3 Å². The van der Waals surface area contributed by atoms with Crippen molar-refractivity contribution < 1.29 is 0 Å². The molecule has 1 aromatic heterocycles. The van der Waals surface area contributed by atoms with Gasteiger partial charge in [0.25, 0.3) is 0 Å². The summed E-state index contributed by atoms with van der Waals surface area (Å²) in [5.41, 5.74) is 6.44. The van der Waals surface area contributed by atoms with E-state index in [2.05, 4.69) is 6.07 Å². The summed E-state index contributed by atoms with van der Waals surface area (Å²) in [5.74, 6) is 0.544. The first kappa shape index (κ1) is 6.84. The van der Waals surface area contributed by atoms with Gasteiger partial charge in [-0.3, -0.25) is 0 Å². The maximum Gasteiger partial charge on any atom is 0.100 e. The summed E-state index contributed by atoms with van der Waals surface area (Å²) in [4.78, 5) is 1.27. The smallest absolute Gasteiger partial charge is 0.100 e. The molecule has 1 aliphatic rings. The second-order valence-electron chi connectivity index (χ2n) is 2.86. The maximum atomic E-state index is 8.54. The molecule has 1 heterocycles. The minimum Gasteiger partial charge on any atom is -0.327 e. The minimum atomic E-state index is 0.347. The highest BCUT2D eigenvalue weighted by Gasteiger charge is 2.35. The predicted octanol–water partition coefficient (Wildman–Crippen LogP) is 1.43. The molecule has 2 atom stereocenters. The van der Waals surface area contributed by atoms with Crippen molar-refractivity contribution in [3.63, 3.8) is 0 Å². The van der Waals surface area contributed by atoms with Crippen molar-refractivity contribution in [3.8, 4) is 6.07 Å². The number of thiophene rings is 1. The van der Waals surface area contributed by atoms with E-state index in [1.165, 1.54) is 4.88 Å². The van der Waals surface area contributed by atoms with Crippen LogP contribution in [0.2, 0.25) is 0 Å². The van der Waals surface area contributed by atoms with Gasteiger partial charge in [0, 0.05) is 22.2 Å². The van der Waals surface area contributed by atoms with Crippen molar-refractivity contribution in [2.75, 3.05) is 0 Å². The number of rotatable bonds is 1. The summed E-state index contributed by atoms with van der Waals surface area (Å²) < 4.78 is 0. The molecule has 0 saturated heterocycles. The average Bonchev–Trinajstić information content (AvgIpc) is 2.59. The van der Waals surface area contributed by atoms with Crippen LogP contribution in [0.1, 0.15) is 22.8 Å². The molecule has 0 aliphatic heterocycles. The maximum absolute atomic E-state index is 8.54. The zero-order valence-corrected chi connectivity index (χ0v) is 6.77. The topological polar surface area (TPSA) is 49.8 Å². The van der Waals surface area contributed by atoms with Crippen molar-refractivity contribution in [2.45, 2.75) is 18.4 Å². The van der Waals surface area contributed by atoms with E-state index in [1.807, 2.05) is 11.4 Å². The first-order chi connectivity index (χ1) is 5.31. The van der Waals surface area contributed by atoms with Crippen molar-refractivity contribution >= 4 is 11.3 Å². The van der Waals surface area contributed by atoms with Crippen molar-refractivity contribution in [1.29, 1.82) is 5.26 Å². The lowest BCUT2D eigenvalue weighted by molar-refractivity contribution is 1.01. The summed E-state index contributed by atoms with van der Waals surface area (Å²) in [6.45, 7) is 0. The van der Waals surface area contributed by atoms with Crippen LogP contribution in [-0.4, -0.2) is 6.04 Å². The Kier molecular flexibility index (Phi) is 1.45. The van der Waals surface area contributed by atoms with Gasteiger partial charge in [-0.05, 0) is 12.5 Å². The van der Waals surface area contributed by atoms with Crippen molar-refractivity contribution in [2.24, 2.45) is 5.73 Å². The molecule has 0 spiro atoms. The lowest BCUT2D eigenvalue weighted by Crippen LogP contribution is -1.99. The normalized spacial score (nSPS) is 28.0. The quantitative estimate of drug-likeness (QED) is 0.682. The SMILES string of the molecule is N#Cc1csc(C2CC2N)c1. The van der Waals surface area contributed by atoms with Gasteiger partial charge in [0.1, 0.15) is 6.07 Å². The molecule has 2 N–H and O–H groups in total. The van der Waals surface area contributed by atoms with Crippen LogP contribution in [-0.2, 0) is 0 Å². The molecule has 0 bridgehead atoms. The fourth-order valence-electron chi connectivity index (χ4n) is 1.15. The van der Waals surface area contributed by atoms with Gasteiger partial charge in [0.15, 0.2) is 0 Å². The highest BCUT2D eigenvalue weighted by atomic mass is 32.1. The largest absolute Gasteiger partial charge is 0.327 e. The molecule has 11 heavy (non-hydrogen) atoms. The minimum absolute atomic E-state index is 0.347. The lowest BCUT2D eigenvalue weighted by atomic mass is 10.3. The highest BCUT2D eigenvalue weighted by molar-refractivity contribution is 7.10. The number of nitrogens with two attached hydrogens (primary N) is 1. The molecule has 2 nitrogen and oxygen atoms in total. The molecule has 0 amide bonds. The van der Waals surface area contributed by atoms with Gasteiger partial charge < -0.3 is 5.73 Å². The van der Waals surface area contributed by atoms with Crippen molar-refractivity contribution in [1.82, 2.24) is 0 Å². The van der Waals surface area contributed by atoms with E-state index in [1.54, 1.807) is 11.3 Å². The van der Waals surface area contributed by atoms with Gasteiger partial charge in [0.05, 0.1) is 5.56 Å². The van der Waals surface area contributed by atoms with Crippen LogP contribution in [0.15, 0.2) is 11.4 Å². The second-order valence-corrected chi connectivity index (χ2v) is 3.80. The van der Waals surface area contributed by atoms with E-state index in [9.17, 15) is 0 Å². The van der Waals surface area contributed by atoms with Crippen LogP contribution in [0.4, 0.5) is 0 Å². The molecule has 1 aliphatic carbocycles. The zero-order valence-electron chi connectivity index (χ0n) is 5.95. The van der Waals surface area contributed by atoms with Crippen LogP contribution < -0.4 is 5.73 Å². The third-order valence-electron chi connectivity index (χ3n) is 1.95. The van der Waals surface area contributed by atoms with Gasteiger partial charge in [-0.15, -0.1) is 11.3 Å². The van der Waals surface area contributed by atoms with Crippen LogP contribution in [0.25, 0.3) is 0 Å². The fourth-order valence-corrected chi connectivity index (χ4v) is 2.17. The molecule has 0 aromatic carbocycles. The Morgan fingerprint density at radius 3 is 2.91 bits per heavy atom. The van der Waals surface area contributed by atoms with Crippen LogP contribution in [0.3, 0.4) is 0 Å². The first-order valence-electron chi connectivity index (χ1n) is 3.55. The predicted molar refractivity (Wildman–Crippen MR) is 44.4 cm³/mol.